The maximum absolute atomic E-state index is 14.5. The van der Waals surface area contributed by atoms with Crippen molar-refractivity contribution >= 4 is 40.5 Å². The minimum atomic E-state index is -0.475. The highest BCUT2D eigenvalue weighted by molar-refractivity contribution is 6.30. The van der Waals surface area contributed by atoms with Crippen LogP contribution in [0.3, 0.4) is 0 Å². The molecule has 38 heavy (non-hydrogen) atoms. The van der Waals surface area contributed by atoms with E-state index in [2.05, 4.69) is 42.7 Å². The molecule has 0 bridgehead atoms. The number of carbonyl (C=O) groups excluding carboxylic acids is 1. The third-order valence-electron chi connectivity index (χ3n) is 6.33. The number of hydrogen-bond donors (Lipinski definition) is 3. The molecule has 3 heterocycles. The van der Waals surface area contributed by atoms with Crippen LogP contribution >= 0.6 is 11.6 Å². The van der Waals surface area contributed by atoms with Gasteiger partial charge in [0.2, 0.25) is 5.91 Å². The molecule has 0 radical (unpaired) electrons. The molecule has 0 unspecified atom stereocenters. The normalized spacial score (nSPS) is 14.3. The minimum Gasteiger partial charge on any atom is -0.395 e. The molecule has 1 aliphatic rings. The van der Waals surface area contributed by atoms with Crippen molar-refractivity contribution in [2.24, 2.45) is 0 Å². The Balaban J connectivity index is 1.50. The summed E-state index contributed by atoms with van der Waals surface area (Å²) in [5.74, 6) is 0.282. The van der Waals surface area contributed by atoms with Gasteiger partial charge >= 0.3 is 0 Å². The second-order valence-electron chi connectivity index (χ2n) is 9.23. The smallest absolute Gasteiger partial charge is 0.226 e. The number of aliphatic hydroxyl groups excluding tert-OH is 1. The average Bonchev–Trinajstić information content (AvgIpc) is 2.90. The second kappa shape index (κ2) is 12.9. The lowest BCUT2D eigenvalue weighted by Gasteiger charge is -2.32. The first-order valence-electron chi connectivity index (χ1n) is 12.4. The monoisotopic (exact) mass is 542 g/mol. The molecule has 1 aromatic carbocycles. The van der Waals surface area contributed by atoms with E-state index in [0.717, 1.165) is 26.2 Å². The van der Waals surface area contributed by atoms with Crippen LogP contribution in [0.2, 0.25) is 5.02 Å². The highest BCUT2D eigenvalue weighted by Crippen LogP contribution is 2.32. The van der Waals surface area contributed by atoms with Crippen molar-refractivity contribution in [2.75, 3.05) is 75.5 Å². The number of halogens is 2. The Morgan fingerprint density at radius 2 is 1.95 bits per heavy atom. The van der Waals surface area contributed by atoms with Crippen LogP contribution in [-0.2, 0) is 4.79 Å². The van der Waals surface area contributed by atoms with Crippen molar-refractivity contribution in [2.45, 2.75) is 6.42 Å². The fraction of sp³-hybridized carbons (Fsp3) is 0.385. The highest BCUT2D eigenvalue weighted by Gasteiger charge is 2.17. The summed E-state index contributed by atoms with van der Waals surface area (Å²) in [6.45, 7) is 4.85. The predicted octanol–water partition coefficient (Wildman–Crippen LogP) is 3.08. The lowest BCUT2D eigenvalue weighted by atomic mass is 10.1. The van der Waals surface area contributed by atoms with Crippen LogP contribution in [0, 0.1) is 5.82 Å². The van der Waals surface area contributed by atoms with E-state index in [4.69, 9.17) is 11.6 Å². The molecule has 12 heteroatoms. The number of nitrogens with one attached hydrogen (secondary N) is 2. The van der Waals surface area contributed by atoms with Gasteiger partial charge in [-0.3, -0.25) is 4.79 Å². The zero-order chi connectivity index (χ0) is 27.1. The molecule has 0 spiro atoms. The number of hydrogen-bond acceptors (Lipinski definition) is 9. The third-order valence-corrected chi connectivity index (χ3v) is 6.57. The van der Waals surface area contributed by atoms with E-state index in [1.54, 1.807) is 36.3 Å². The summed E-state index contributed by atoms with van der Waals surface area (Å²) in [6, 6.07) is 9.36. The predicted molar refractivity (Wildman–Crippen MR) is 147 cm³/mol. The number of nitrogens with zero attached hydrogens (tertiary/aromatic N) is 6. The maximum atomic E-state index is 14.5. The van der Waals surface area contributed by atoms with Gasteiger partial charge in [-0.25, -0.2) is 9.37 Å². The molecule has 202 valence electrons. The van der Waals surface area contributed by atoms with Gasteiger partial charge in [0.15, 0.2) is 5.82 Å². The third kappa shape index (κ3) is 7.35. The Kier molecular flexibility index (Phi) is 9.40. The van der Waals surface area contributed by atoms with Gasteiger partial charge in [0.05, 0.1) is 18.0 Å². The van der Waals surface area contributed by atoms with Crippen molar-refractivity contribution in [3.63, 3.8) is 0 Å². The molecule has 10 nitrogen and oxygen atoms in total. The number of rotatable bonds is 10. The Morgan fingerprint density at radius 1 is 1.16 bits per heavy atom. The summed E-state index contributed by atoms with van der Waals surface area (Å²) in [5.41, 5.74) is 1.68. The van der Waals surface area contributed by atoms with Gasteiger partial charge < -0.3 is 30.4 Å². The van der Waals surface area contributed by atoms with Crippen LogP contribution in [0.5, 0.6) is 0 Å². The second-order valence-corrected chi connectivity index (χ2v) is 9.67. The van der Waals surface area contributed by atoms with E-state index in [0.29, 0.717) is 53.2 Å². The van der Waals surface area contributed by atoms with Crippen molar-refractivity contribution in [3.05, 3.63) is 53.4 Å². The minimum absolute atomic E-state index is 0.0815. The van der Waals surface area contributed by atoms with E-state index in [1.165, 1.54) is 18.2 Å². The van der Waals surface area contributed by atoms with Gasteiger partial charge in [-0.15, -0.1) is 10.2 Å². The molecule has 1 saturated heterocycles. The summed E-state index contributed by atoms with van der Waals surface area (Å²) in [7, 11) is 3.87. The highest BCUT2D eigenvalue weighted by atomic mass is 35.5. The zero-order valence-corrected chi connectivity index (χ0v) is 22.2. The van der Waals surface area contributed by atoms with Crippen molar-refractivity contribution in [1.29, 1.82) is 0 Å². The molecule has 0 aliphatic carbocycles. The number of anilines is 4. The van der Waals surface area contributed by atoms with Gasteiger partial charge in [0.25, 0.3) is 0 Å². The number of pyridine rings is 1. The molecule has 3 aromatic rings. The first kappa shape index (κ1) is 27.6. The van der Waals surface area contributed by atoms with E-state index in [9.17, 15) is 14.3 Å². The fourth-order valence-electron chi connectivity index (χ4n) is 4.11. The molecule has 3 N–H and O–H groups in total. The van der Waals surface area contributed by atoms with Gasteiger partial charge in [0, 0.05) is 81.3 Å². The topological polar surface area (TPSA) is 110 Å². The maximum Gasteiger partial charge on any atom is 0.226 e. The lowest BCUT2D eigenvalue weighted by Crippen LogP contribution is -2.45. The SMILES string of the molecule is CN1CCN(CCC(=O)Nc2cc(Nc3cc(-c4cc(Cl)ccc4F)nnc3N(C)CCO)ccn2)CC1. The number of benzene rings is 1. The summed E-state index contributed by atoms with van der Waals surface area (Å²) < 4.78 is 14.5. The number of likely N-dealkylation sites (N-methyl/N-ethyl adjacent to an activating group) is 2. The van der Waals surface area contributed by atoms with Crippen LogP contribution in [0.25, 0.3) is 11.3 Å². The Morgan fingerprint density at radius 3 is 2.71 bits per heavy atom. The Hall–Kier alpha value is -3.38. The van der Waals surface area contributed by atoms with E-state index in [-0.39, 0.29) is 18.1 Å². The summed E-state index contributed by atoms with van der Waals surface area (Å²) in [4.78, 5) is 23.1. The largest absolute Gasteiger partial charge is 0.395 e. The molecular formula is C26H32ClFN8O2. The fourth-order valence-corrected chi connectivity index (χ4v) is 4.28. The molecule has 4 rings (SSSR count). The molecular weight excluding hydrogens is 511 g/mol. The van der Waals surface area contributed by atoms with Crippen molar-refractivity contribution in [1.82, 2.24) is 25.0 Å². The van der Waals surface area contributed by atoms with Gasteiger partial charge in [0.1, 0.15) is 11.6 Å². The molecule has 1 fully saturated rings. The van der Waals surface area contributed by atoms with Gasteiger partial charge in [-0.1, -0.05) is 11.6 Å². The van der Waals surface area contributed by atoms with Crippen LogP contribution in [0.1, 0.15) is 6.42 Å². The van der Waals surface area contributed by atoms with E-state index in [1.807, 2.05) is 0 Å². The first-order valence-corrected chi connectivity index (χ1v) is 12.8. The summed E-state index contributed by atoms with van der Waals surface area (Å²) in [6.07, 6.45) is 1.96. The number of piperazine rings is 1. The lowest BCUT2D eigenvalue weighted by molar-refractivity contribution is -0.116. The van der Waals surface area contributed by atoms with Crippen LogP contribution in [0.4, 0.5) is 27.4 Å². The van der Waals surface area contributed by atoms with Crippen molar-refractivity contribution in [3.8, 4) is 11.3 Å². The Bertz CT molecular complexity index is 1260. The molecule has 1 amide bonds. The van der Waals surface area contributed by atoms with Crippen molar-refractivity contribution < 1.29 is 14.3 Å². The van der Waals surface area contributed by atoms with E-state index >= 15 is 0 Å². The molecule has 0 atom stereocenters. The Labute approximate surface area is 226 Å². The average molecular weight is 543 g/mol. The van der Waals surface area contributed by atoms with Crippen LogP contribution < -0.4 is 15.5 Å². The first-order chi connectivity index (χ1) is 18.3. The molecule has 2 aromatic heterocycles. The number of amides is 1. The summed E-state index contributed by atoms with van der Waals surface area (Å²) in [5, 5.41) is 24.4. The van der Waals surface area contributed by atoms with Crippen LogP contribution in [-0.4, -0.2) is 96.0 Å². The van der Waals surface area contributed by atoms with Crippen LogP contribution in [0.15, 0.2) is 42.6 Å². The molecule has 0 saturated carbocycles. The standard InChI is InChI=1S/C26H32ClFN8O2/c1-34-9-11-36(12-10-34)8-6-25(38)31-24-16-19(5-7-29-24)30-23-17-22(20-15-18(27)3-4-21(20)28)32-33-26(23)35(2)13-14-37/h3-5,7,15-17,37H,6,8-14H2,1-2H3,(H2,29,30,31,32,38). The number of aliphatic hydroxyl groups is 1. The summed E-state index contributed by atoms with van der Waals surface area (Å²) >= 11 is 6.08. The molecule has 1 aliphatic heterocycles. The quantitative estimate of drug-likeness (QED) is 0.356. The van der Waals surface area contributed by atoms with E-state index < -0.39 is 5.82 Å². The number of carbonyl (C=O) groups is 1. The van der Waals surface area contributed by atoms with Gasteiger partial charge in [-0.2, -0.15) is 0 Å². The number of aromatic nitrogens is 3. The zero-order valence-electron chi connectivity index (χ0n) is 21.5. The van der Waals surface area contributed by atoms with Gasteiger partial charge in [-0.05, 0) is 37.4 Å².